The minimum Gasteiger partial charge on any atom is -0.477 e. The summed E-state index contributed by atoms with van der Waals surface area (Å²) in [6.07, 6.45) is 1.51. The highest BCUT2D eigenvalue weighted by atomic mass is 16.5. The predicted molar refractivity (Wildman–Crippen MR) is 58.1 cm³/mol. The van der Waals surface area contributed by atoms with Crippen LogP contribution < -0.4 is 10.1 Å². The molecule has 6 nitrogen and oxygen atoms in total. The van der Waals surface area contributed by atoms with Gasteiger partial charge in [-0.1, -0.05) is 0 Å². The number of carboxylic acid groups (broad SMARTS) is 1. The van der Waals surface area contributed by atoms with Gasteiger partial charge in [-0.2, -0.15) is 0 Å². The minimum absolute atomic E-state index is 0.103. The Kier molecular flexibility index (Phi) is 1.95. The van der Waals surface area contributed by atoms with E-state index in [1.165, 1.54) is 10.6 Å². The number of carbonyl (C=O) groups excluding carboxylic acids is 1. The average molecular weight is 236 g/mol. The van der Waals surface area contributed by atoms with Gasteiger partial charge in [-0.05, 0) is 18.9 Å². The highest BCUT2D eigenvalue weighted by molar-refractivity contribution is 6.00. The number of carboxylic acids is 1. The number of hydrogen-bond donors (Lipinski definition) is 2. The van der Waals surface area contributed by atoms with E-state index in [1.807, 2.05) is 0 Å². The Balaban J connectivity index is 2.00. The summed E-state index contributed by atoms with van der Waals surface area (Å²) in [6.45, 7) is 0. The van der Waals surface area contributed by atoms with Gasteiger partial charge in [0.1, 0.15) is 11.4 Å². The molecule has 2 aliphatic rings. The van der Waals surface area contributed by atoms with Gasteiger partial charge in [0.05, 0.1) is 0 Å². The first-order chi connectivity index (χ1) is 8.08. The Morgan fingerprint density at radius 2 is 2.29 bits per heavy atom. The summed E-state index contributed by atoms with van der Waals surface area (Å²) in [5.74, 6) is -0.518. The molecule has 6 heteroatoms. The lowest BCUT2D eigenvalue weighted by atomic mass is 10.2. The molecule has 0 radical (unpaired) electrons. The number of hydrogen-bond acceptors (Lipinski definition) is 3. The van der Waals surface area contributed by atoms with Crippen LogP contribution in [0.15, 0.2) is 6.07 Å². The van der Waals surface area contributed by atoms with E-state index in [-0.39, 0.29) is 17.5 Å². The molecule has 0 bridgehead atoms. The third-order valence-electron chi connectivity index (χ3n) is 3.20. The van der Waals surface area contributed by atoms with Gasteiger partial charge < -0.3 is 19.7 Å². The molecule has 1 fully saturated rings. The van der Waals surface area contributed by atoms with Crippen molar-refractivity contribution in [2.75, 3.05) is 5.32 Å². The quantitative estimate of drug-likeness (QED) is 0.797. The molecule has 2 N–H and O–H groups in total. The van der Waals surface area contributed by atoms with Crippen LogP contribution in [0.25, 0.3) is 0 Å². The van der Waals surface area contributed by atoms with Gasteiger partial charge in [-0.3, -0.25) is 4.79 Å². The highest BCUT2D eigenvalue weighted by Gasteiger charge is 2.42. The molecule has 1 aromatic rings. The van der Waals surface area contributed by atoms with Gasteiger partial charge in [-0.15, -0.1) is 0 Å². The molecular weight excluding hydrogens is 224 g/mol. The first-order valence-corrected chi connectivity index (χ1v) is 5.48. The molecule has 1 atom stereocenters. The van der Waals surface area contributed by atoms with Crippen molar-refractivity contribution in [2.45, 2.75) is 18.9 Å². The third kappa shape index (κ3) is 1.48. The first kappa shape index (κ1) is 10.2. The van der Waals surface area contributed by atoms with Gasteiger partial charge in [0.15, 0.2) is 6.10 Å². The number of aromatic nitrogens is 1. The Morgan fingerprint density at radius 3 is 2.88 bits per heavy atom. The summed E-state index contributed by atoms with van der Waals surface area (Å²) in [7, 11) is 1.61. The van der Waals surface area contributed by atoms with Gasteiger partial charge in [0.2, 0.25) is 5.88 Å². The molecule has 0 aromatic carbocycles. The summed E-state index contributed by atoms with van der Waals surface area (Å²) in [6, 6.07) is 1.42. The van der Waals surface area contributed by atoms with Gasteiger partial charge in [-0.25, -0.2) is 4.79 Å². The lowest BCUT2D eigenvalue weighted by Crippen LogP contribution is -2.38. The summed E-state index contributed by atoms with van der Waals surface area (Å²) in [4.78, 5) is 22.7. The minimum atomic E-state index is -1.04. The van der Waals surface area contributed by atoms with Crippen molar-refractivity contribution in [1.82, 2.24) is 4.57 Å². The van der Waals surface area contributed by atoms with Gasteiger partial charge in [0, 0.05) is 13.0 Å². The molecule has 2 heterocycles. The molecular formula is C11H12N2O4. The Morgan fingerprint density at radius 1 is 1.59 bits per heavy atom. The van der Waals surface area contributed by atoms with Crippen molar-refractivity contribution < 1.29 is 19.4 Å². The zero-order valence-electron chi connectivity index (χ0n) is 9.27. The molecule has 0 saturated heterocycles. The molecule has 1 unspecified atom stereocenters. The van der Waals surface area contributed by atoms with Gasteiger partial charge in [0.25, 0.3) is 5.91 Å². The highest BCUT2D eigenvalue weighted by Crippen LogP contribution is 2.40. The molecule has 90 valence electrons. The van der Waals surface area contributed by atoms with Crippen LogP contribution in [0.3, 0.4) is 0 Å². The summed E-state index contributed by atoms with van der Waals surface area (Å²) >= 11 is 0. The van der Waals surface area contributed by atoms with Gasteiger partial charge >= 0.3 is 5.97 Å². The van der Waals surface area contributed by atoms with Crippen LogP contribution in [0.1, 0.15) is 23.3 Å². The number of ether oxygens (including phenoxy) is 1. The number of amides is 1. The largest absolute Gasteiger partial charge is 0.477 e. The first-order valence-electron chi connectivity index (χ1n) is 5.48. The van der Waals surface area contributed by atoms with E-state index in [2.05, 4.69) is 5.32 Å². The maximum absolute atomic E-state index is 11.7. The molecule has 1 aromatic heterocycles. The van der Waals surface area contributed by atoms with Crippen molar-refractivity contribution in [3.63, 3.8) is 0 Å². The molecule has 1 amide bonds. The van der Waals surface area contributed by atoms with E-state index in [9.17, 15) is 9.59 Å². The van der Waals surface area contributed by atoms with Crippen molar-refractivity contribution in [1.29, 1.82) is 0 Å². The number of nitrogens with one attached hydrogen (secondary N) is 1. The van der Waals surface area contributed by atoms with E-state index < -0.39 is 12.1 Å². The monoisotopic (exact) mass is 236 g/mol. The van der Waals surface area contributed by atoms with Crippen LogP contribution in [-0.4, -0.2) is 27.7 Å². The summed E-state index contributed by atoms with van der Waals surface area (Å²) in [5, 5.41) is 11.7. The van der Waals surface area contributed by atoms with E-state index in [0.29, 0.717) is 11.6 Å². The van der Waals surface area contributed by atoms with E-state index in [0.717, 1.165) is 12.8 Å². The van der Waals surface area contributed by atoms with Crippen LogP contribution in [0.4, 0.5) is 5.69 Å². The summed E-state index contributed by atoms with van der Waals surface area (Å²) in [5.41, 5.74) is 0.540. The van der Waals surface area contributed by atoms with E-state index in [4.69, 9.17) is 9.84 Å². The molecule has 1 aliphatic carbocycles. The second-order valence-corrected chi connectivity index (χ2v) is 4.48. The van der Waals surface area contributed by atoms with Crippen LogP contribution in [0.5, 0.6) is 5.88 Å². The Hall–Kier alpha value is -1.98. The number of fused-ring (bicyclic) bond motifs is 1. The predicted octanol–water partition coefficient (Wildman–Crippen LogP) is 0.833. The average Bonchev–Trinajstić information content (AvgIpc) is 3.04. The number of carbonyl (C=O) groups is 2. The van der Waals surface area contributed by atoms with E-state index >= 15 is 0 Å². The maximum atomic E-state index is 11.7. The number of rotatable bonds is 2. The molecule has 1 saturated carbocycles. The Bertz CT molecular complexity index is 516. The van der Waals surface area contributed by atoms with Crippen molar-refractivity contribution in [3.8, 4) is 5.88 Å². The molecule has 17 heavy (non-hydrogen) atoms. The van der Waals surface area contributed by atoms with E-state index in [1.54, 1.807) is 7.05 Å². The lowest BCUT2D eigenvalue weighted by Gasteiger charge is -2.24. The fraction of sp³-hybridized carbons (Fsp3) is 0.455. The van der Waals surface area contributed by atoms with Crippen LogP contribution in [0, 0.1) is 5.92 Å². The van der Waals surface area contributed by atoms with Crippen LogP contribution in [0.2, 0.25) is 0 Å². The second-order valence-electron chi connectivity index (χ2n) is 4.48. The topological polar surface area (TPSA) is 80.6 Å². The normalized spacial score (nSPS) is 22.6. The Labute approximate surface area is 97.2 Å². The SMILES string of the molecule is Cn1c(C(=O)O)cc2c1OC(C1CC1)C(=O)N2. The fourth-order valence-corrected chi connectivity index (χ4v) is 2.11. The standard InChI is InChI=1S/C11H12N2O4/c1-13-7(11(15)16)4-6-10(13)17-8(5-2-3-5)9(14)12-6/h4-5,8H,2-3H2,1H3,(H,12,14)(H,15,16). The number of anilines is 1. The molecule has 3 rings (SSSR count). The van der Waals surface area contributed by atoms with Crippen LogP contribution >= 0.6 is 0 Å². The zero-order chi connectivity index (χ0) is 12.2. The third-order valence-corrected chi connectivity index (χ3v) is 3.20. The number of aromatic carboxylic acids is 1. The number of nitrogens with zero attached hydrogens (tertiary/aromatic N) is 1. The maximum Gasteiger partial charge on any atom is 0.352 e. The van der Waals surface area contributed by atoms with Crippen molar-refractivity contribution in [3.05, 3.63) is 11.8 Å². The summed E-state index contributed by atoms with van der Waals surface area (Å²) < 4.78 is 7.07. The zero-order valence-corrected chi connectivity index (χ0v) is 9.27. The molecule has 1 aliphatic heterocycles. The molecule has 0 spiro atoms. The second kappa shape index (κ2) is 3.26. The fourth-order valence-electron chi connectivity index (χ4n) is 2.11. The van der Waals surface area contributed by atoms with Crippen LogP contribution in [-0.2, 0) is 11.8 Å². The van der Waals surface area contributed by atoms with Crippen molar-refractivity contribution in [2.24, 2.45) is 13.0 Å². The lowest BCUT2D eigenvalue weighted by molar-refractivity contribution is -0.124. The smallest absolute Gasteiger partial charge is 0.352 e. The van der Waals surface area contributed by atoms with Crippen molar-refractivity contribution >= 4 is 17.6 Å².